The van der Waals surface area contributed by atoms with Gasteiger partial charge in [-0.1, -0.05) is 12.1 Å². The minimum absolute atomic E-state index is 0.107. The summed E-state index contributed by atoms with van der Waals surface area (Å²) >= 11 is 0. The summed E-state index contributed by atoms with van der Waals surface area (Å²) in [6.07, 6.45) is 0. The number of benzene rings is 1. The van der Waals surface area contributed by atoms with Gasteiger partial charge >= 0.3 is 0 Å². The average Bonchev–Trinajstić information content (AvgIpc) is 1.97. The highest BCUT2D eigenvalue weighted by Gasteiger charge is 2.10. The molecule has 12 heavy (non-hydrogen) atoms. The number of rotatable bonds is 1. The van der Waals surface area contributed by atoms with Gasteiger partial charge in [0.05, 0.1) is 0 Å². The molecule has 0 saturated carbocycles. The number of phenolic OH excluding ortho intramolecular Hbond substituents is 1. The van der Waals surface area contributed by atoms with Crippen LogP contribution in [0.25, 0.3) is 0 Å². The van der Waals surface area contributed by atoms with Gasteiger partial charge in [0.2, 0.25) is 0 Å². The molecule has 1 aromatic rings. The lowest BCUT2D eigenvalue weighted by Gasteiger charge is -2.13. The van der Waals surface area contributed by atoms with E-state index < -0.39 is 0 Å². The third-order valence-electron chi connectivity index (χ3n) is 2.09. The van der Waals surface area contributed by atoms with Crippen molar-refractivity contribution < 1.29 is 5.11 Å². The van der Waals surface area contributed by atoms with E-state index in [0.29, 0.717) is 5.75 Å². The Bertz CT molecular complexity index is 292. The highest BCUT2D eigenvalue weighted by Crippen LogP contribution is 2.29. The fourth-order valence-corrected chi connectivity index (χ4v) is 1.39. The molecule has 0 heterocycles. The first-order valence-electron chi connectivity index (χ1n) is 4.08. The molecule has 3 N–H and O–H groups in total. The summed E-state index contributed by atoms with van der Waals surface area (Å²) in [6, 6.07) is 3.77. The molecule has 0 saturated heterocycles. The first-order chi connectivity index (χ1) is 5.54. The van der Waals surface area contributed by atoms with Crippen LogP contribution >= 0.6 is 0 Å². The number of aromatic hydroxyl groups is 1. The molecular formula is C10H15NO. The molecule has 0 aliphatic carbocycles. The predicted molar refractivity (Wildman–Crippen MR) is 50.2 cm³/mol. The van der Waals surface area contributed by atoms with E-state index >= 15 is 0 Å². The lowest BCUT2D eigenvalue weighted by Crippen LogP contribution is -2.07. The normalized spacial score (nSPS) is 13.0. The zero-order chi connectivity index (χ0) is 9.30. The van der Waals surface area contributed by atoms with E-state index in [1.54, 1.807) is 0 Å². The van der Waals surface area contributed by atoms with Crippen LogP contribution in [0.4, 0.5) is 0 Å². The molecule has 0 aliphatic rings. The van der Waals surface area contributed by atoms with Crippen molar-refractivity contribution in [2.75, 3.05) is 0 Å². The van der Waals surface area contributed by atoms with Crippen molar-refractivity contribution in [1.29, 1.82) is 0 Å². The molecule has 2 nitrogen and oxygen atoms in total. The van der Waals surface area contributed by atoms with E-state index in [-0.39, 0.29) is 6.04 Å². The number of aryl methyl sites for hydroxylation is 2. The molecular weight excluding hydrogens is 150 g/mol. The maximum Gasteiger partial charge on any atom is 0.123 e. The Balaban J connectivity index is 3.33. The molecule has 0 amide bonds. The molecule has 1 aromatic carbocycles. The van der Waals surface area contributed by atoms with Gasteiger partial charge in [-0.15, -0.1) is 0 Å². The molecule has 0 radical (unpaired) electrons. The van der Waals surface area contributed by atoms with E-state index in [1.807, 2.05) is 32.9 Å². The first kappa shape index (κ1) is 9.07. The molecule has 1 rings (SSSR count). The Kier molecular flexibility index (Phi) is 2.38. The largest absolute Gasteiger partial charge is 0.507 e. The van der Waals surface area contributed by atoms with Gasteiger partial charge in [0.1, 0.15) is 5.75 Å². The fraction of sp³-hybridized carbons (Fsp3) is 0.400. The van der Waals surface area contributed by atoms with Crippen LogP contribution in [0.1, 0.15) is 29.7 Å². The summed E-state index contributed by atoms with van der Waals surface area (Å²) in [4.78, 5) is 0. The van der Waals surface area contributed by atoms with Crippen molar-refractivity contribution in [3.8, 4) is 5.75 Å². The van der Waals surface area contributed by atoms with Gasteiger partial charge in [0.25, 0.3) is 0 Å². The Hall–Kier alpha value is -1.02. The molecule has 0 aromatic heterocycles. The molecule has 1 atom stereocenters. The number of hydrogen-bond donors (Lipinski definition) is 2. The van der Waals surface area contributed by atoms with Crippen LogP contribution in [0.3, 0.4) is 0 Å². The van der Waals surface area contributed by atoms with Gasteiger partial charge in [-0.05, 0) is 31.9 Å². The standard InChI is InChI=1S/C10H15NO/c1-6-4-5-7(2)10(12)9(6)8(3)11/h4-5,8,12H,11H2,1-3H3/t8-/m1/s1. The van der Waals surface area contributed by atoms with Crippen LogP contribution in [0, 0.1) is 13.8 Å². The van der Waals surface area contributed by atoms with Crippen molar-refractivity contribution in [1.82, 2.24) is 0 Å². The van der Waals surface area contributed by atoms with Crippen molar-refractivity contribution in [2.24, 2.45) is 5.73 Å². The van der Waals surface area contributed by atoms with Crippen LogP contribution in [-0.4, -0.2) is 5.11 Å². The van der Waals surface area contributed by atoms with Gasteiger partial charge in [0, 0.05) is 11.6 Å². The lowest BCUT2D eigenvalue weighted by atomic mass is 9.99. The zero-order valence-electron chi connectivity index (χ0n) is 7.76. The maximum absolute atomic E-state index is 9.67. The van der Waals surface area contributed by atoms with Crippen LogP contribution in [0.2, 0.25) is 0 Å². The SMILES string of the molecule is Cc1ccc(C)c([C@@H](C)N)c1O. The predicted octanol–water partition coefficient (Wildman–Crippen LogP) is 2.03. The summed E-state index contributed by atoms with van der Waals surface area (Å²) in [6.45, 7) is 5.71. The number of nitrogens with two attached hydrogens (primary N) is 1. The molecule has 0 bridgehead atoms. The fourth-order valence-electron chi connectivity index (χ4n) is 1.39. The monoisotopic (exact) mass is 165 g/mol. The number of hydrogen-bond acceptors (Lipinski definition) is 2. The van der Waals surface area contributed by atoms with Crippen molar-refractivity contribution >= 4 is 0 Å². The van der Waals surface area contributed by atoms with Crippen molar-refractivity contribution in [3.05, 3.63) is 28.8 Å². The number of phenols is 1. The highest BCUT2D eigenvalue weighted by molar-refractivity contribution is 5.45. The average molecular weight is 165 g/mol. The molecule has 0 fully saturated rings. The van der Waals surface area contributed by atoms with Gasteiger partial charge in [-0.2, -0.15) is 0 Å². The van der Waals surface area contributed by atoms with E-state index in [0.717, 1.165) is 16.7 Å². The minimum atomic E-state index is -0.107. The molecule has 2 heteroatoms. The van der Waals surface area contributed by atoms with E-state index in [2.05, 4.69) is 0 Å². The van der Waals surface area contributed by atoms with Crippen LogP contribution in [0.15, 0.2) is 12.1 Å². The van der Waals surface area contributed by atoms with Crippen LogP contribution in [0.5, 0.6) is 5.75 Å². The van der Waals surface area contributed by atoms with E-state index in [4.69, 9.17) is 5.73 Å². The molecule has 0 spiro atoms. The quantitative estimate of drug-likeness (QED) is 0.668. The second-order valence-corrected chi connectivity index (χ2v) is 3.25. The van der Waals surface area contributed by atoms with Crippen LogP contribution < -0.4 is 5.73 Å². The Labute approximate surface area is 73.0 Å². The summed E-state index contributed by atoms with van der Waals surface area (Å²) in [7, 11) is 0. The maximum atomic E-state index is 9.67. The van der Waals surface area contributed by atoms with E-state index in [9.17, 15) is 5.11 Å². The molecule has 0 aliphatic heterocycles. The third kappa shape index (κ3) is 1.43. The molecule has 0 unspecified atom stereocenters. The van der Waals surface area contributed by atoms with Gasteiger partial charge in [-0.3, -0.25) is 0 Å². The van der Waals surface area contributed by atoms with Gasteiger partial charge in [0.15, 0.2) is 0 Å². The van der Waals surface area contributed by atoms with Gasteiger partial charge in [-0.25, -0.2) is 0 Å². The Morgan fingerprint density at radius 3 is 2.17 bits per heavy atom. The zero-order valence-corrected chi connectivity index (χ0v) is 7.76. The molecule has 66 valence electrons. The minimum Gasteiger partial charge on any atom is -0.507 e. The highest BCUT2D eigenvalue weighted by atomic mass is 16.3. The Morgan fingerprint density at radius 1 is 1.25 bits per heavy atom. The first-order valence-corrected chi connectivity index (χ1v) is 4.08. The Morgan fingerprint density at radius 2 is 1.75 bits per heavy atom. The van der Waals surface area contributed by atoms with E-state index in [1.165, 1.54) is 0 Å². The van der Waals surface area contributed by atoms with Crippen molar-refractivity contribution in [2.45, 2.75) is 26.8 Å². The summed E-state index contributed by atoms with van der Waals surface area (Å²) in [5, 5.41) is 9.67. The second kappa shape index (κ2) is 3.15. The topological polar surface area (TPSA) is 46.2 Å². The summed E-state index contributed by atoms with van der Waals surface area (Å²) < 4.78 is 0. The third-order valence-corrected chi connectivity index (χ3v) is 2.09. The van der Waals surface area contributed by atoms with Crippen molar-refractivity contribution in [3.63, 3.8) is 0 Å². The smallest absolute Gasteiger partial charge is 0.123 e. The second-order valence-electron chi connectivity index (χ2n) is 3.25. The van der Waals surface area contributed by atoms with Crippen LogP contribution in [-0.2, 0) is 0 Å². The van der Waals surface area contributed by atoms with Gasteiger partial charge < -0.3 is 10.8 Å². The summed E-state index contributed by atoms with van der Waals surface area (Å²) in [5.74, 6) is 0.338. The lowest BCUT2D eigenvalue weighted by molar-refractivity contribution is 0.458. The summed E-state index contributed by atoms with van der Waals surface area (Å²) in [5.41, 5.74) is 8.51.